The number of nitrogens with zero attached hydrogens (tertiary/aromatic N) is 2. The van der Waals surface area contributed by atoms with E-state index in [0.717, 1.165) is 25.0 Å². The summed E-state index contributed by atoms with van der Waals surface area (Å²) in [6.45, 7) is 4.08. The second-order valence-corrected chi connectivity index (χ2v) is 7.46. The standard InChI is InChI=1S/C12H18Cl2N4OS/c1-3-8(4-2)15-10(19)9-16-11(18-17-9)20-6-7-5-12(7,13)14/h7-8H,3-6H2,1-2H3,(H,15,19)(H,16,17,18). The van der Waals surface area contributed by atoms with Crippen molar-refractivity contribution >= 4 is 40.9 Å². The molecule has 1 saturated carbocycles. The Balaban J connectivity index is 1.83. The van der Waals surface area contributed by atoms with Crippen molar-refractivity contribution < 1.29 is 4.79 Å². The van der Waals surface area contributed by atoms with E-state index in [1.54, 1.807) is 0 Å². The van der Waals surface area contributed by atoms with Gasteiger partial charge in [0, 0.05) is 17.7 Å². The number of H-pyrrole nitrogens is 1. The molecule has 1 atom stereocenters. The molecule has 0 saturated heterocycles. The lowest BCUT2D eigenvalue weighted by atomic mass is 10.2. The normalized spacial score (nSPS) is 20.1. The van der Waals surface area contributed by atoms with Crippen LogP contribution in [0, 0.1) is 5.92 Å². The van der Waals surface area contributed by atoms with Gasteiger partial charge in [0.1, 0.15) is 4.33 Å². The van der Waals surface area contributed by atoms with Crippen LogP contribution in [0.4, 0.5) is 0 Å². The van der Waals surface area contributed by atoms with Crippen LogP contribution in [0.3, 0.4) is 0 Å². The van der Waals surface area contributed by atoms with Gasteiger partial charge in [-0.25, -0.2) is 0 Å². The van der Waals surface area contributed by atoms with Crippen LogP contribution in [0.2, 0.25) is 0 Å². The molecule has 8 heteroatoms. The van der Waals surface area contributed by atoms with E-state index < -0.39 is 4.33 Å². The van der Waals surface area contributed by atoms with Gasteiger partial charge in [-0.15, -0.1) is 28.3 Å². The highest BCUT2D eigenvalue weighted by Gasteiger charge is 2.51. The quantitative estimate of drug-likeness (QED) is 0.593. The zero-order valence-corrected chi connectivity index (χ0v) is 13.8. The summed E-state index contributed by atoms with van der Waals surface area (Å²) in [6.07, 6.45) is 2.59. The molecule has 1 heterocycles. The van der Waals surface area contributed by atoms with Crippen molar-refractivity contribution in [3.8, 4) is 0 Å². The first-order chi connectivity index (χ1) is 9.46. The Hall–Kier alpha value is -0.460. The van der Waals surface area contributed by atoms with Gasteiger partial charge in [0.05, 0.1) is 0 Å². The molecular weight excluding hydrogens is 319 g/mol. The third-order valence-electron chi connectivity index (χ3n) is 3.37. The Bertz CT molecular complexity index is 476. The molecule has 0 aromatic carbocycles. The third kappa shape index (κ3) is 4.02. The van der Waals surface area contributed by atoms with E-state index >= 15 is 0 Å². The van der Waals surface area contributed by atoms with Crippen LogP contribution >= 0.6 is 35.0 Å². The predicted octanol–water partition coefficient (Wildman–Crippen LogP) is 3.01. The number of aromatic amines is 1. The first kappa shape index (κ1) is 15.9. The summed E-state index contributed by atoms with van der Waals surface area (Å²) in [5, 5.41) is 10.2. The summed E-state index contributed by atoms with van der Waals surface area (Å²) in [7, 11) is 0. The molecule has 20 heavy (non-hydrogen) atoms. The molecule has 0 aliphatic heterocycles. The summed E-state index contributed by atoms with van der Waals surface area (Å²) < 4.78 is -0.584. The fraction of sp³-hybridized carbons (Fsp3) is 0.750. The van der Waals surface area contributed by atoms with E-state index in [9.17, 15) is 4.79 Å². The molecule has 5 nitrogen and oxygen atoms in total. The minimum absolute atomic E-state index is 0.170. The lowest BCUT2D eigenvalue weighted by Crippen LogP contribution is -2.34. The molecule has 1 fully saturated rings. The van der Waals surface area contributed by atoms with Gasteiger partial charge in [0.2, 0.25) is 11.0 Å². The predicted molar refractivity (Wildman–Crippen MR) is 81.5 cm³/mol. The summed E-state index contributed by atoms with van der Waals surface area (Å²) in [6, 6.07) is 0.170. The number of amides is 1. The van der Waals surface area contributed by atoms with E-state index in [2.05, 4.69) is 20.5 Å². The minimum Gasteiger partial charge on any atom is -0.347 e. The Morgan fingerprint density at radius 1 is 1.55 bits per heavy atom. The molecule has 112 valence electrons. The first-order valence-electron chi connectivity index (χ1n) is 6.70. The molecule has 0 radical (unpaired) electrons. The first-order valence-corrected chi connectivity index (χ1v) is 8.44. The SMILES string of the molecule is CCC(CC)NC(=O)c1nc(SCC2CC2(Cl)Cl)n[nH]1. The summed E-state index contributed by atoms with van der Waals surface area (Å²) >= 11 is 13.4. The number of halogens is 2. The molecule has 1 unspecified atom stereocenters. The van der Waals surface area contributed by atoms with Crippen LogP contribution < -0.4 is 5.32 Å². The van der Waals surface area contributed by atoms with Crippen LogP contribution in [-0.4, -0.2) is 37.2 Å². The number of hydrogen-bond acceptors (Lipinski definition) is 4. The Morgan fingerprint density at radius 2 is 2.20 bits per heavy atom. The fourth-order valence-corrected chi connectivity index (χ4v) is 3.51. The lowest BCUT2D eigenvalue weighted by Gasteiger charge is -2.12. The number of aromatic nitrogens is 3. The maximum atomic E-state index is 11.9. The molecule has 1 aliphatic rings. The molecule has 1 aromatic heterocycles. The monoisotopic (exact) mass is 336 g/mol. The van der Waals surface area contributed by atoms with E-state index in [4.69, 9.17) is 23.2 Å². The van der Waals surface area contributed by atoms with Crippen molar-refractivity contribution in [3.63, 3.8) is 0 Å². The smallest absolute Gasteiger partial charge is 0.288 e. The highest BCUT2D eigenvalue weighted by atomic mass is 35.5. The van der Waals surface area contributed by atoms with Crippen LogP contribution in [-0.2, 0) is 0 Å². The van der Waals surface area contributed by atoms with Crippen LogP contribution in [0.25, 0.3) is 0 Å². The van der Waals surface area contributed by atoms with Crippen LogP contribution in [0.1, 0.15) is 43.7 Å². The van der Waals surface area contributed by atoms with Gasteiger partial charge in [-0.1, -0.05) is 25.6 Å². The average Bonchev–Trinajstić information content (AvgIpc) is 2.84. The van der Waals surface area contributed by atoms with Gasteiger partial charge < -0.3 is 5.32 Å². The Kier molecular flexibility index (Phi) is 5.20. The van der Waals surface area contributed by atoms with Crippen LogP contribution in [0.5, 0.6) is 0 Å². The lowest BCUT2D eigenvalue weighted by molar-refractivity contribution is 0.0924. The number of carbonyl (C=O) groups is 1. The summed E-state index contributed by atoms with van der Waals surface area (Å²) in [4.78, 5) is 16.1. The maximum Gasteiger partial charge on any atom is 0.288 e. The molecule has 0 bridgehead atoms. The summed E-state index contributed by atoms with van der Waals surface area (Å²) in [5.74, 6) is 1.07. The van der Waals surface area contributed by atoms with E-state index in [-0.39, 0.29) is 23.7 Å². The topological polar surface area (TPSA) is 70.7 Å². The Labute approximate surface area is 132 Å². The second-order valence-electron chi connectivity index (χ2n) is 4.93. The number of hydrogen-bond donors (Lipinski definition) is 2. The molecule has 1 amide bonds. The van der Waals surface area contributed by atoms with Crippen molar-refractivity contribution in [2.75, 3.05) is 5.75 Å². The number of alkyl halides is 2. The van der Waals surface area contributed by atoms with Gasteiger partial charge in [0.25, 0.3) is 5.91 Å². The van der Waals surface area contributed by atoms with Crippen molar-refractivity contribution in [1.82, 2.24) is 20.5 Å². The van der Waals surface area contributed by atoms with Crippen molar-refractivity contribution in [1.29, 1.82) is 0 Å². The molecule has 2 rings (SSSR count). The zero-order chi connectivity index (χ0) is 14.8. The van der Waals surface area contributed by atoms with E-state index in [0.29, 0.717) is 5.16 Å². The highest BCUT2D eigenvalue weighted by molar-refractivity contribution is 7.99. The second kappa shape index (κ2) is 6.54. The fourth-order valence-electron chi connectivity index (χ4n) is 1.78. The molecule has 1 aliphatic carbocycles. The average molecular weight is 337 g/mol. The van der Waals surface area contributed by atoms with Gasteiger partial charge in [-0.3, -0.25) is 9.89 Å². The zero-order valence-electron chi connectivity index (χ0n) is 11.4. The van der Waals surface area contributed by atoms with Gasteiger partial charge >= 0.3 is 0 Å². The molecule has 1 aromatic rings. The number of thioether (sulfide) groups is 1. The number of carbonyl (C=O) groups excluding carboxylic acids is 1. The van der Waals surface area contributed by atoms with Gasteiger partial charge in [0.15, 0.2) is 0 Å². The van der Waals surface area contributed by atoms with Crippen molar-refractivity contribution in [2.24, 2.45) is 5.92 Å². The summed E-state index contributed by atoms with van der Waals surface area (Å²) in [5.41, 5.74) is 0. The number of rotatable bonds is 7. The largest absolute Gasteiger partial charge is 0.347 e. The minimum atomic E-state index is -0.584. The van der Waals surface area contributed by atoms with E-state index in [1.807, 2.05) is 13.8 Å². The van der Waals surface area contributed by atoms with Gasteiger partial charge in [-0.05, 0) is 19.3 Å². The van der Waals surface area contributed by atoms with E-state index in [1.165, 1.54) is 11.8 Å². The highest BCUT2D eigenvalue weighted by Crippen LogP contribution is 2.54. The Morgan fingerprint density at radius 3 is 2.75 bits per heavy atom. The molecular formula is C12H18Cl2N4OS. The number of nitrogens with one attached hydrogen (secondary N) is 2. The third-order valence-corrected chi connectivity index (χ3v) is 5.31. The molecule has 0 spiro atoms. The van der Waals surface area contributed by atoms with Crippen molar-refractivity contribution in [3.05, 3.63) is 5.82 Å². The maximum absolute atomic E-state index is 11.9. The molecule has 2 N–H and O–H groups in total. The van der Waals surface area contributed by atoms with Crippen molar-refractivity contribution in [2.45, 2.75) is 48.6 Å². The van der Waals surface area contributed by atoms with Crippen LogP contribution in [0.15, 0.2) is 5.16 Å². The van der Waals surface area contributed by atoms with Gasteiger partial charge in [-0.2, -0.15) is 4.98 Å².